The first-order valence-electron chi connectivity index (χ1n) is 6.13. The van der Waals surface area contributed by atoms with Gasteiger partial charge < -0.3 is 10.4 Å². The van der Waals surface area contributed by atoms with E-state index in [0.29, 0.717) is 5.02 Å². The molecule has 0 saturated carbocycles. The summed E-state index contributed by atoms with van der Waals surface area (Å²) in [6, 6.07) is 0. The predicted molar refractivity (Wildman–Crippen MR) is 70.5 cm³/mol. The van der Waals surface area contributed by atoms with Gasteiger partial charge in [0, 0.05) is 13.2 Å². The molecule has 0 spiro atoms. The lowest BCUT2D eigenvalue weighted by Gasteiger charge is -2.08. The van der Waals surface area contributed by atoms with Crippen LogP contribution in [0.15, 0.2) is 6.33 Å². The molecule has 0 aromatic carbocycles. The van der Waals surface area contributed by atoms with Gasteiger partial charge in [-0.25, -0.2) is 9.97 Å². The number of aliphatic hydroxyl groups excluding tert-OH is 1. The Labute approximate surface area is 107 Å². The summed E-state index contributed by atoms with van der Waals surface area (Å²) in [5.74, 6) is 0.723. The number of aryl methyl sites for hydroxylation is 1. The van der Waals surface area contributed by atoms with Gasteiger partial charge >= 0.3 is 0 Å². The van der Waals surface area contributed by atoms with Gasteiger partial charge in [0.2, 0.25) is 0 Å². The van der Waals surface area contributed by atoms with E-state index < -0.39 is 0 Å². The van der Waals surface area contributed by atoms with E-state index in [1.165, 1.54) is 0 Å². The third kappa shape index (κ3) is 4.88. The van der Waals surface area contributed by atoms with Crippen molar-refractivity contribution in [2.24, 2.45) is 0 Å². The van der Waals surface area contributed by atoms with E-state index in [4.69, 9.17) is 16.7 Å². The van der Waals surface area contributed by atoms with Crippen LogP contribution in [-0.4, -0.2) is 28.2 Å². The predicted octanol–water partition coefficient (Wildman–Crippen LogP) is 2.66. The fourth-order valence-electron chi connectivity index (χ4n) is 1.57. The van der Waals surface area contributed by atoms with Crippen molar-refractivity contribution < 1.29 is 5.11 Å². The Hall–Kier alpha value is -0.870. The van der Waals surface area contributed by atoms with E-state index in [2.05, 4.69) is 15.3 Å². The average Bonchev–Trinajstić information content (AvgIpc) is 2.35. The van der Waals surface area contributed by atoms with Crippen LogP contribution in [0.2, 0.25) is 5.02 Å². The zero-order valence-corrected chi connectivity index (χ0v) is 11.0. The first-order valence-corrected chi connectivity index (χ1v) is 6.51. The van der Waals surface area contributed by atoms with Gasteiger partial charge in [-0.2, -0.15) is 0 Å². The van der Waals surface area contributed by atoms with E-state index >= 15 is 0 Å². The molecule has 1 rings (SSSR count). The molecule has 5 heteroatoms. The molecule has 0 amide bonds. The highest BCUT2D eigenvalue weighted by Gasteiger charge is 2.06. The standard InChI is InChI=1S/C12H20ClN3O/c1-2-10-11(13)12(16-9-15-10)14-7-5-3-4-6-8-17/h9,17H,2-8H2,1H3,(H,14,15,16). The van der Waals surface area contributed by atoms with Crippen LogP contribution in [0.25, 0.3) is 0 Å². The van der Waals surface area contributed by atoms with Gasteiger partial charge in [0.15, 0.2) is 0 Å². The molecule has 0 aliphatic heterocycles. The largest absolute Gasteiger partial charge is 0.396 e. The molecule has 1 heterocycles. The van der Waals surface area contributed by atoms with Crippen molar-refractivity contribution in [2.45, 2.75) is 39.0 Å². The number of hydrogen-bond acceptors (Lipinski definition) is 4. The van der Waals surface area contributed by atoms with E-state index in [1.54, 1.807) is 6.33 Å². The van der Waals surface area contributed by atoms with Crippen LogP contribution in [0.4, 0.5) is 5.82 Å². The van der Waals surface area contributed by atoms with E-state index in [9.17, 15) is 0 Å². The maximum atomic E-state index is 8.64. The molecule has 0 unspecified atom stereocenters. The van der Waals surface area contributed by atoms with Gasteiger partial charge in [-0.15, -0.1) is 0 Å². The molecule has 17 heavy (non-hydrogen) atoms. The molecule has 0 saturated heterocycles. The summed E-state index contributed by atoms with van der Waals surface area (Å²) < 4.78 is 0. The normalized spacial score (nSPS) is 10.5. The minimum atomic E-state index is 0.283. The summed E-state index contributed by atoms with van der Waals surface area (Å²) in [5.41, 5.74) is 0.879. The molecule has 0 radical (unpaired) electrons. The Morgan fingerprint density at radius 2 is 2.00 bits per heavy atom. The highest BCUT2D eigenvalue weighted by molar-refractivity contribution is 6.33. The molecule has 0 aliphatic rings. The van der Waals surface area contributed by atoms with Crippen LogP contribution < -0.4 is 5.32 Å². The first kappa shape index (κ1) is 14.2. The fourth-order valence-corrected chi connectivity index (χ4v) is 1.87. The Bertz CT molecular complexity index is 334. The molecule has 0 bridgehead atoms. The summed E-state index contributed by atoms with van der Waals surface area (Å²) in [7, 11) is 0. The minimum absolute atomic E-state index is 0.283. The van der Waals surface area contributed by atoms with Crippen molar-refractivity contribution in [3.63, 3.8) is 0 Å². The van der Waals surface area contributed by atoms with Gasteiger partial charge in [0.05, 0.1) is 5.69 Å². The van der Waals surface area contributed by atoms with E-state index in [-0.39, 0.29) is 6.61 Å². The molecule has 96 valence electrons. The van der Waals surface area contributed by atoms with E-state index in [1.807, 2.05) is 6.92 Å². The average molecular weight is 258 g/mol. The molecule has 0 fully saturated rings. The van der Waals surface area contributed by atoms with Crippen molar-refractivity contribution >= 4 is 17.4 Å². The van der Waals surface area contributed by atoms with Gasteiger partial charge in [-0.3, -0.25) is 0 Å². The van der Waals surface area contributed by atoms with Crippen LogP contribution >= 0.6 is 11.6 Å². The number of nitrogens with zero attached hydrogens (tertiary/aromatic N) is 2. The quantitative estimate of drug-likeness (QED) is 0.703. The number of aliphatic hydroxyl groups is 1. The molecule has 1 aromatic heterocycles. The molecule has 0 aliphatic carbocycles. The van der Waals surface area contributed by atoms with Crippen molar-refractivity contribution in [2.75, 3.05) is 18.5 Å². The number of anilines is 1. The summed E-state index contributed by atoms with van der Waals surface area (Å²) in [6.07, 6.45) is 6.47. The third-order valence-electron chi connectivity index (χ3n) is 2.57. The Kier molecular flexibility index (Phi) is 6.89. The van der Waals surface area contributed by atoms with Crippen molar-refractivity contribution in [3.05, 3.63) is 17.0 Å². The first-order chi connectivity index (χ1) is 8.29. The summed E-state index contributed by atoms with van der Waals surface area (Å²) in [5, 5.41) is 12.5. The zero-order chi connectivity index (χ0) is 12.5. The van der Waals surface area contributed by atoms with Crippen molar-refractivity contribution in [1.29, 1.82) is 0 Å². The lowest BCUT2D eigenvalue weighted by atomic mass is 10.2. The second-order valence-electron chi connectivity index (χ2n) is 3.90. The molecule has 0 atom stereocenters. The van der Waals surface area contributed by atoms with Gasteiger partial charge in [-0.05, 0) is 19.3 Å². The summed E-state index contributed by atoms with van der Waals surface area (Å²) in [4.78, 5) is 8.24. The van der Waals surface area contributed by atoms with Crippen LogP contribution in [0, 0.1) is 0 Å². The Morgan fingerprint density at radius 1 is 1.24 bits per heavy atom. The lowest BCUT2D eigenvalue weighted by Crippen LogP contribution is -2.06. The Morgan fingerprint density at radius 3 is 2.71 bits per heavy atom. The summed E-state index contributed by atoms with van der Waals surface area (Å²) in [6.45, 7) is 3.16. The molecule has 1 aromatic rings. The number of rotatable bonds is 8. The van der Waals surface area contributed by atoms with Crippen LogP contribution in [-0.2, 0) is 6.42 Å². The van der Waals surface area contributed by atoms with Crippen molar-refractivity contribution in [1.82, 2.24) is 9.97 Å². The highest BCUT2D eigenvalue weighted by atomic mass is 35.5. The fraction of sp³-hybridized carbons (Fsp3) is 0.667. The number of nitrogens with one attached hydrogen (secondary N) is 1. The zero-order valence-electron chi connectivity index (χ0n) is 10.2. The van der Waals surface area contributed by atoms with Crippen LogP contribution in [0.1, 0.15) is 38.3 Å². The third-order valence-corrected chi connectivity index (χ3v) is 2.97. The SMILES string of the molecule is CCc1ncnc(NCCCCCCO)c1Cl. The smallest absolute Gasteiger partial charge is 0.148 e. The maximum absolute atomic E-state index is 8.64. The molecular formula is C12H20ClN3O. The lowest BCUT2D eigenvalue weighted by molar-refractivity contribution is 0.283. The van der Waals surface area contributed by atoms with Gasteiger partial charge in [0.1, 0.15) is 17.2 Å². The van der Waals surface area contributed by atoms with Crippen LogP contribution in [0.5, 0.6) is 0 Å². The minimum Gasteiger partial charge on any atom is -0.396 e. The monoisotopic (exact) mass is 257 g/mol. The maximum Gasteiger partial charge on any atom is 0.148 e. The van der Waals surface area contributed by atoms with E-state index in [0.717, 1.165) is 50.2 Å². The molecular weight excluding hydrogens is 238 g/mol. The summed E-state index contributed by atoms with van der Waals surface area (Å²) >= 11 is 6.15. The molecule has 2 N–H and O–H groups in total. The highest BCUT2D eigenvalue weighted by Crippen LogP contribution is 2.21. The molecule has 4 nitrogen and oxygen atoms in total. The number of hydrogen-bond donors (Lipinski definition) is 2. The van der Waals surface area contributed by atoms with Crippen molar-refractivity contribution in [3.8, 4) is 0 Å². The topological polar surface area (TPSA) is 58.0 Å². The van der Waals surface area contributed by atoms with Gasteiger partial charge in [0.25, 0.3) is 0 Å². The number of unbranched alkanes of at least 4 members (excludes halogenated alkanes) is 3. The van der Waals surface area contributed by atoms with Crippen LogP contribution in [0.3, 0.4) is 0 Å². The number of halogens is 1. The van der Waals surface area contributed by atoms with Gasteiger partial charge in [-0.1, -0.05) is 31.4 Å². The second-order valence-corrected chi connectivity index (χ2v) is 4.28. The second kappa shape index (κ2) is 8.25. The number of aromatic nitrogens is 2. The Balaban J connectivity index is 2.31.